The molecule has 2 nitrogen and oxygen atoms in total. The fourth-order valence-electron chi connectivity index (χ4n) is 8.71. The van der Waals surface area contributed by atoms with Gasteiger partial charge in [-0.1, -0.05) is 182 Å². The van der Waals surface area contributed by atoms with Crippen LogP contribution in [0.2, 0.25) is 0 Å². The third-order valence-electron chi connectivity index (χ3n) is 11.8. The van der Waals surface area contributed by atoms with Crippen molar-refractivity contribution in [3.05, 3.63) is 230 Å². The van der Waals surface area contributed by atoms with Gasteiger partial charge in [-0.15, -0.1) is 0 Å². The fraction of sp³-hybridized carbons (Fsp3) is 0.0175. The van der Waals surface area contributed by atoms with Crippen molar-refractivity contribution in [3.63, 3.8) is 0 Å². The zero-order chi connectivity index (χ0) is 39.1. The summed E-state index contributed by atoms with van der Waals surface area (Å²) in [5.74, 6) is 0. The second-order valence-corrected chi connectivity index (χ2v) is 15.3. The predicted molar refractivity (Wildman–Crippen MR) is 249 cm³/mol. The Kier molecular flexibility index (Phi) is 8.60. The lowest BCUT2D eigenvalue weighted by Crippen LogP contribution is -2.17. The maximum absolute atomic E-state index is 6.84. The Bertz CT molecular complexity index is 3290. The van der Waals surface area contributed by atoms with E-state index in [1.165, 1.54) is 55.1 Å². The number of nitrogens with zero attached hydrogens (tertiary/aromatic N) is 1. The summed E-state index contributed by atoms with van der Waals surface area (Å²) < 4.78 is 6.84. The Morgan fingerprint density at radius 2 is 0.814 bits per heavy atom. The van der Waals surface area contributed by atoms with Gasteiger partial charge >= 0.3 is 0 Å². The molecule has 1 aromatic heterocycles. The van der Waals surface area contributed by atoms with Crippen LogP contribution in [0.25, 0.3) is 88.0 Å². The monoisotopic (exact) mass is 753 g/mol. The van der Waals surface area contributed by atoms with Crippen molar-refractivity contribution in [2.45, 2.75) is 6.54 Å². The van der Waals surface area contributed by atoms with Gasteiger partial charge in [0, 0.05) is 39.6 Å². The van der Waals surface area contributed by atoms with E-state index >= 15 is 0 Å². The normalized spacial score (nSPS) is 11.5. The molecule has 0 amide bonds. The topological polar surface area (TPSA) is 16.4 Å². The Labute approximate surface area is 343 Å². The average Bonchev–Trinajstić information content (AvgIpc) is 3.71. The summed E-state index contributed by atoms with van der Waals surface area (Å²) in [6.07, 6.45) is 0. The molecule has 0 unspecified atom stereocenters. The van der Waals surface area contributed by atoms with E-state index in [-0.39, 0.29) is 0 Å². The first kappa shape index (κ1) is 34.6. The van der Waals surface area contributed by atoms with Crippen LogP contribution in [0.15, 0.2) is 229 Å². The van der Waals surface area contributed by atoms with Gasteiger partial charge in [0.15, 0.2) is 0 Å². The second kappa shape index (κ2) is 14.7. The van der Waals surface area contributed by atoms with E-state index in [0.717, 1.165) is 49.8 Å². The van der Waals surface area contributed by atoms with Gasteiger partial charge in [-0.3, -0.25) is 0 Å². The van der Waals surface area contributed by atoms with E-state index in [4.69, 9.17) is 4.42 Å². The molecule has 1 heterocycles. The largest absolute Gasteiger partial charge is 0.455 e. The van der Waals surface area contributed by atoms with Crippen molar-refractivity contribution >= 4 is 54.9 Å². The summed E-state index contributed by atoms with van der Waals surface area (Å²) in [5, 5.41) is 7.08. The van der Waals surface area contributed by atoms with Gasteiger partial charge in [0.25, 0.3) is 0 Å². The van der Waals surface area contributed by atoms with Gasteiger partial charge in [0.2, 0.25) is 0 Å². The van der Waals surface area contributed by atoms with Gasteiger partial charge in [0.05, 0.1) is 0 Å². The van der Waals surface area contributed by atoms with E-state index in [1.54, 1.807) is 0 Å². The molecule has 0 aliphatic heterocycles. The molecule has 0 N–H and O–H groups in total. The van der Waals surface area contributed by atoms with Gasteiger partial charge in [0.1, 0.15) is 11.2 Å². The number of para-hydroxylation sites is 1. The van der Waals surface area contributed by atoms with Crippen molar-refractivity contribution in [1.82, 2.24) is 0 Å². The number of benzene rings is 10. The summed E-state index contributed by atoms with van der Waals surface area (Å²) in [5.41, 5.74) is 14.8. The van der Waals surface area contributed by atoms with Crippen LogP contribution in [0.5, 0.6) is 0 Å². The van der Waals surface area contributed by atoms with E-state index in [2.05, 4.69) is 229 Å². The van der Waals surface area contributed by atoms with Gasteiger partial charge in [-0.2, -0.15) is 0 Å². The minimum Gasteiger partial charge on any atom is -0.455 e. The van der Waals surface area contributed by atoms with Crippen molar-refractivity contribution in [2.24, 2.45) is 0 Å². The molecule has 11 aromatic rings. The van der Waals surface area contributed by atoms with Crippen LogP contribution in [0.3, 0.4) is 0 Å². The molecular weight excluding hydrogens is 715 g/mol. The van der Waals surface area contributed by atoms with Gasteiger partial charge < -0.3 is 9.32 Å². The van der Waals surface area contributed by atoms with Crippen molar-refractivity contribution < 1.29 is 4.42 Å². The third kappa shape index (κ3) is 6.42. The van der Waals surface area contributed by atoms with E-state index in [0.29, 0.717) is 6.54 Å². The molecular formula is C57H39NO. The summed E-state index contributed by atoms with van der Waals surface area (Å²) in [6, 6.07) is 80.9. The number of hydrogen-bond donors (Lipinski definition) is 0. The SMILES string of the molecule is c1ccc(-c2cccc(-c3ccc(N(Cc4ccccc4-c4cccc5c4oc4c6ccccc6ccc54)c4ccc(-c5ccc6ccccc6c5)cc4)cc3)c2)cc1. The lowest BCUT2D eigenvalue weighted by molar-refractivity contribution is 0.673. The summed E-state index contributed by atoms with van der Waals surface area (Å²) in [7, 11) is 0. The molecule has 59 heavy (non-hydrogen) atoms. The first-order valence-corrected chi connectivity index (χ1v) is 20.3. The Hall–Kier alpha value is -7.68. The maximum Gasteiger partial charge on any atom is 0.143 e. The number of furan rings is 1. The first-order chi connectivity index (χ1) is 29.2. The van der Waals surface area contributed by atoms with Crippen LogP contribution < -0.4 is 4.90 Å². The molecule has 0 saturated carbocycles. The maximum atomic E-state index is 6.84. The quantitative estimate of drug-likeness (QED) is 0.154. The zero-order valence-electron chi connectivity index (χ0n) is 32.4. The highest BCUT2D eigenvalue weighted by atomic mass is 16.3. The number of rotatable bonds is 8. The molecule has 278 valence electrons. The van der Waals surface area contributed by atoms with Crippen LogP contribution in [0.1, 0.15) is 5.56 Å². The van der Waals surface area contributed by atoms with Crippen LogP contribution in [0.4, 0.5) is 11.4 Å². The molecule has 0 bridgehead atoms. The van der Waals surface area contributed by atoms with Crippen molar-refractivity contribution in [1.29, 1.82) is 0 Å². The van der Waals surface area contributed by atoms with Gasteiger partial charge in [-0.25, -0.2) is 0 Å². The molecule has 0 aliphatic carbocycles. The third-order valence-corrected chi connectivity index (χ3v) is 11.8. The molecule has 10 aromatic carbocycles. The Balaban J connectivity index is 0.998. The molecule has 0 aliphatic rings. The Morgan fingerprint density at radius 1 is 0.305 bits per heavy atom. The summed E-state index contributed by atoms with van der Waals surface area (Å²) in [4.78, 5) is 2.43. The second-order valence-electron chi connectivity index (χ2n) is 15.3. The van der Waals surface area contributed by atoms with E-state index in [1.807, 2.05) is 0 Å². The van der Waals surface area contributed by atoms with Crippen molar-refractivity contribution in [2.75, 3.05) is 4.90 Å². The minimum atomic E-state index is 0.661. The lowest BCUT2D eigenvalue weighted by Gasteiger charge is -2.27. The molecule has 0 atom stereocenters. The molecule has 2 heteroatoms. The van der Waals surface area contributed by atoms with Gasteiger partial charge in [-0.05, 0) is 103 Å². The molecule has 0 radical (unpaired) electrons. The van der Waals surface area contributed by atoms with Crippen LogP contribution in [-0.2, 0) is 6.54 Å². The number of anilines is 2. The standard InChI is InChI=1S/C57H39NO/c1-2-12-39(13-3-1)45-18-10-19-46(36-45)41-26-31-49(32-27-41)58(50-33-28-42(29-34-50)47-25-24-40-14-4-5-16-44(40)37-47)38-48-17-7-8-20-51(48)53-22-11-23-54-55-35-30-43-15-6-9-21-52(43)56(55)59-57(53)54/h1-37H,38H2. The highest BCUT2D eigenvalue weighted by Gasteiger charge is 2.19. The Morgan fingerprint density at radius 3 is 1.58 bits per heavy atom. The zero-order valence-corrected chi connectivity index (χ0v) is 32.4. The van der Waals surface area contributed by atoms with E-state index in [9.17, 15) is 0 Å². The molecule has 0 saturated heterocycles. The fourth-order valence-corrected chi connectivity index (χ4v) is 8.71. The van der Waals surface area contributed by atoms with Crippen LogP contribution in [0, 0.1) is 0 Å². The molecule has 0 spiro atoms. The molecule has 0 fully saturated rings. The van der Waals surface area contributed by atoms with Crippen LogP contribution in [-0.4, -0.2) is 0 Å². The van der Waals surface area contributed by atoms with Crippen molar-refractivity contribution in [3.8, 4) is 44.5 Å². The lowest BCUT2D eigenvalue weighted by atomic mass is 9.96. The summed E-state index contributed by atoms with van der Waals surface area (Å²) in [6.45, 7) is 0.661. The number of fused-ring (bicyclic) bond motifs is 6. The number of hydrogen-bond acceptors (Lipinski definition) is 2. The average molecular weight is 754 g/mol. The smallest absolute Gasteiger partial charge is 0.143 e. The highest BCUT2D eigenvalue weighted by molar-refractivity contribution is 6.17. The highest BCUT2D eigenvalue weighted by Crippen LogP contribution is 2.41. The first-order valence-electron chi connectivity index (χ1n) is 20.3. The molecule has 11 rings (SSSR count). The predicted octanol–water partition coefficient (Wildman–Crippen LogP) is 15.9. The van der Waals surface area contributed by atoms with Crippen LogP contribution >= 0.6 is 0 Å². The van der Waals surface area contributed by atoms with E-state index < -0.39 is 0 Å². The minimum absolute atomic E-state index is 0.661. The summed E-state index contributed by atoms with van der Waals surface area (Å²) >= 11 is 0.